The molecule has 1 saturated heterocycles. The zero-order valence-corrected chi connectivity index (χ0v) is 16.4. The number of esters is 1. The van der Waals surface area contributed by atoms with E-state index in [1.807, 2.05) is 24.1 Å². The predicted molar refractivity (Wildman–Crippen MR) is 106 cm³/mol. The lowest BCUT2D eigenvalue weighted by Crippen LogP contribution is -2.50. The monoisotopic (exact) mass is 376 g/mol. The standard InChI is InChI=1S/C20H32N4O3/c1-22-11-12-23-19(26)24-13-9-20(15-21,10-14-24)8-7-16-3-5-17(6-4-16)18(25)27-2/h3-6,22H,7-15,21H2,1-2H3,(H,23,26). The number of hydrogen-bond acceptors (Lipinski definition) is 5. The Kier molecular flexibility index (Phi) is 8.06. The van der Waals surface area contributed by atoms with Crippen LogP contribution in [0.4, 0.5) is 4.79 Å². The molecule has 1 aromatic rings. The van der Waals surface area contributed by atoms with Crippen molar-refractivity contribution in [2.45, 2.75) is 25.7 Å². The van der Waals surface area contributed by atoms with Gasteiger partial charge in [-0.15, -0.1) is 0 Å². The highest BCUT2D eigenvalue weighted by atomic mass is 16.5. The van der Waals surface area contributed by atoms with Gasteiger partial charge in [-0.25, -0.2) is 9.59 Å². The van der Waals surface area contributed by atoms with Gasteiger partial charge in [0.05, 0.1) is 12.7 Å². The Labute approximate surface area is 161 Å². The van der Waals surface area contributed by atoms with Gasteiger partial charge in [-0.1, -0.05) is 12.1 Å². The zero-order chi connectivity index (χ0) is 19.7. The van der Waals surface area contributed by atoms with E-state index in [-0.39, 0.29) is 17.4 Å². The number of ether oxygens (including phenoxy) is 1. The van der Waals surface area contributed by atoms with Gasteiger partial charge >= 0.3 is 12.0 Å². The molecule has 0 spiro atoms. The molecule has 0 aliphatic carbocycles. The van der Waals surface area contributed by atoms with Gasteiger partial charge in [-0.3, -0.25) is 0 Å². The molecule has 1 aliphatic heterocycles. The van der Waals surface area contributed by atoms with Gasteiger partial charge in [0.15, 0.2) is 0 Å². The van der Waals surface area contributed by atoms with Crippen LogP contribution in [0.5, 0.6) is 0 Å². The van der Waals surface area contributed by atoms with Crippen LogP contribution >= 0.6 is 0 Å². The molecular weight excluding hydrogens is 344 g/mol. The van der Waals surface area contributed by atoms with Gasteiger partial charge in [0.1, 0.15) is 0 Å². The molecule has 0 atom stereocenters. The number of rotatable bonds is 8. The number of carbonyl (C=O) groups excluding carboxylic acids is 2. The van der Waals surface area contributed by atoms with E-state index in [0.717, 1.165) is 45.3 Å². The average Bonchev–Trinajstić information content (AvgIpc) is 2.72. The lowest BCUT2D eigenvalue weighted by atomic mass is 9.74. The summed E-state index contributed by atoms with van der Waals surface area (Å²) in [7, 11) is 3.25. The van der Waals surface area contributed by atoms with Crippen molar-refractivity contribution in [1.82, 2.24) is 15.5 Å². The smallest absolute Gasteiger partial charge is 0.337 e. The molecule has 7 heteroatoms. The van der Waals surface area contributed by atoms with Crippen molar-refractivity contribution in [3.63, 3.8) is 0 Å². The van der Waals surface area contributed by atoms with Crippen molar-refractivity contribution in [2.75, 3.05) is 46.9 Å². The maximum Gasteiger partial charge on any atom is 0.337 e. The van der Waals surface area contributed by atoms with E-state index >= 15 is 0 Å². The third-order valence-electron chi connectivity index (χ3n) is 5.51. The Bertz CT molecular complexity index is 610. The van der Waals surface area contributed by atoms with Crippen molar-refractivity contribution in [3.8, 4) is 0 Å². The molecule has 0 aromatic heterocycles. The molecule has 2 amide bonds. The molecule has 1 fully saturated rings. The van der Waals surface area contributed by atoms with E-state index in [2.05, 4.69) is 10.6 Å². The fourth-order valence-electron chi connectivity index (χ4n) is 3.48. The Morgan fingerprint density at radius 3 is 2.41 bits per heavy atom. The van der Waals surface area contributed by atoms with E-state index in [1.54, 1.807) is 12.1 Å². The number of benzene rings is 1. The van der Waals surface area contributed by atoms with E-state index in [4.69, 9.17) is 10.5 Å². The van der Waals surface area contributed by atoms with Crippen LogP contribution in [0.25, 0.3) is 0 Å². The van der Waals surface area contributed by atoms with E-state index in [9.17, 15) is 9.59 Å². The van der Waals surface area contributed by atoms with Crippen LogP contribution in [0.15, 0.2) is 24.3 Å². The number of likely N-dealkylation sites (N-methyl/N-ethyl adjacent to an activating group) is 1. The summed E-state index contributed by atoms with van der Waals surface area (Å²) in [6, 6.07) is 7.55. The number of methoxy groups -OCH3 is 1. The Hall–Kier alpha value is -2.12. The first-order valence-corrected chi connectivity index (χ1v) is 9.58. The van der Waals surface area contributed by atoms with Crippen LogP contribution in [0, 0.1) is 5.41 Å². The molecule has 27 heavy (non-hydrogen) atoms. The predicted octanol–water partition coefficient (Wildman–Crippen LogP) is 1.38. The molecule has 0 saturated carbocycles. The Morgan fingerprint density at radius 2 is 1.85 bits per heavy atom. The molecule has 4 N–H and O–H groups in total. The van der Waals surface area contributed by atoms with Crippen molar-refractivity contribution in [3.05, 3.63) is 35.4 Å². The molecule has 2 rings (SSSR count). The highest BCUT2D eigenvalue weighted by Crippen LogP contribution is 2.35. The number of nitrogens with two attached hydrogens (primary N) is 1. The summed E-state index contributed by atoms with van der Waals surface area (Å²) < 4.78 is 4.73. The zero-order valence-electron chi connectivity index (χ0n) is 16.4. The molecular formula is C20H32N4O3. The number of nitrogens with one attached hydrogen (secondary N) is 2. The van der Waals surface area contributed by atoms with E-state index in [0.29, 0.717) is 18.7 Å². The number of nitrogens with zero attached hydrogens (tertiary/aromatic N) is 1. The largest absolute Gasteiger partial charge is 0.465 e. The van der Waals surface area contributed by atoms with Crippen LogP contribution in [-0.2, 0) is 11.2 Å². The Balaban J connectivity index is 1.84. The lowest BCUT2D eigenvalue weighted by Gasteiger charge is -2.41. The summed E-state index contributed by atoms with van der Waals surface area (Å²) in [5.41, 5.74) is 7.93. The number of hydrogen-bond donors (Lipinski definition) is 3. The highest BCUT2D eigenvalue weighted by molar-refractivity contribution is 5.89. The minimum absolute atomic E-state index is 0.00858. The summed E-state index contributed by atoms with van der Waals surface area (Å²) in [5, 5.41) is 5.95. The van der Waals surface area contributed by atoms with Crippen LogP contribution in [0.2, 0.25) is 0 Å². The van der Waals surface area contributed by atoms with Crippen LogP contribution in [0.1, 0.15) is 35.2 Å². The summed E-state index contributed by atoms with van der Waals surface area (Å²) in [6.45, 7) is 3.51. The third kappa shape index (κ3) is 5.94. The first kappa shape index (κ1) is 21.2. The Morgan fingerprint density at radius 1 is 1.19 bits per heavy atom. The second kappa shape index (κ2) is 10.3. The van der Waals surface area contributed by atoms with Crippen molar-refractivity contribution >= 4 is 12.0 Å². The minimum Gasteiger partial charge on any atom is -0.465 e. The van der Waals surface area contributed by atoms with E-state index < -0.39 is 0 Å². The summed E-state index contributed by atoms with van der Waals surface area (Å²) >= 11 is 0. The molecule has 1 heterocycles. The summed E-state index contributed by atoms with van der Waals surface area (Å²) in [6.07, 6.45) is 3.73. The summed E-state index contributed by atoms with van der Waals surface area (Å²) in [4.78, 5) is 25.6. The topological polar surface area (TPSA) is 96.7 Å². The van der Waals surface area contributed by atoms with Gasteiger partial charge in [0.25, 0.3) is 0 Å². The number of urea groups is 1. The van der Waals surface area contributed by atoms with Gasteiger partial charge in [0.2, 0.25) is 0 Å². The number of amides is 2. The minimum atomic E-state index is -0.319. The van der Waals surface area contributed by atoms with Crippen molar-refractivity contribution in [2.24, 2.45) is 11.1 Å². The second-order valence-corrected chi connectivity index (χ2v) is 7.22. The molecule has 0 bridgehead atoms. The maximum atomic E-state index is 12.2. The second-order valence-electron chi connectivity index (χ2n) is 7.22. The van der Waals surface area contributed by atoms with E-state index in [1.165, 1.54) is 12.7 Å². The van der Waals surface area contributed by atoms with Gasteiger partial charge in [-0.05, 0) is 62.4 Å². The highest BCUT2D eigenvalue weighted by Gasteiger charge is 2.34. The van der Waals surface area contributed by atoms with Crippen molar-refractivity contribution < 1.29 is 14.3 Å². The average molecular weight is 377 g/mol. The van der Waals surface area contributed by atoms with Crippen LogP contribution in [0.3, 0.4) is 0 Å². The molecule has 150 valence electrons. The number of piperidine rings is 1. The number of carbonyl (C=O) groups is 2. The summed E-state index contributed by atoms with van der Waals surface area (Å²) in [5.74, 6) is -0.319. The fraction of sp³-hybridized carbons (Fsp3) is 0.600. The SMILES string of the molecule is CNCCNC(=O)N1CCC(CN)(CCc2ccc(C(=O)OC)cc2)CC1. The normalized spacial score (nSPS) is 16.0. The number of aryl methyl sites for hydroxylation is 1. The fourth-order valence-corrected chi connectivity index (χ4v) is 3.48. The quantitative estimate of drug-likeness (QED) is 0.470. The van der Waals surface area contributed by atoms with Gasteiger partial charge in [0, 0.05) is 26.2 Å². The molecule has 0 unspecified atom stereocenters. The van der Waals surface area contributed by atoms with Crippen LogP contribution < -0.4 is 16.4 Å². The molecule has 1 aliphatic rings. The van der Waals surface area contributed by atoms with Gasteiger partial charge in [-0.2, -0.15) is 0 Å². The van der Waals surface area contributed by atoms with Gasteiger partial charge < -0.3 is 26.0 Å². The molecule has 7 nitrogen and oxygen atoms in total. The van der Waals surface area contributed by atoms with Crippen LogP contribution in [-0.4, -0.2) is 63.8 Å². The third-order valence-corrected chi connectivity index (χ3v) is 5.51. The molecule has 0 radical (unpaired) electrons. The maximum absolute atomic E-state index is 12.2. The van der Waals surface area contributed by atoms with Crippen molar-refractivity contribution in [1.29, 1.82) is 0 Å². The molecule has 1 aromatic carbocycles. The first-order valence-electron chi connectivity index (χ1n) is 9.58. The number of likely N-dealkylation sites (tertiary alicyclic amines) is 1. The first-order chi connectivity index (χ1) is 13.0. The lowest BCUT2D eigenvalue weighted by molar-refractivity contribution is 0.0600.